The first-order valence-electron chi connectivity index (χ1n) is 20.6. The largest absolute Gasteiger partial charge is 0.463 e. The average Bonchev–Trinajstić information content (AvgIpc) is 3.22. The van der Waals surface area contributed by atoms with Crippen molar-refractivity contribution < 1.29 is 57.1 Å². The fourth-order valence-corrected chi connectivity index (χ4v) is 7.35. The summed E-state index contributed by atoms with van der Waals surface area (Å²) in [5.74, 6) is 4.27. The van der Waals surface area contributed by atoms with Gasteiger partial charge in [0.15, 0.2) is 0 Å². The number of hydrogen-bond donors (Lipinski definition) is 0. The highest BCUT2D eigenvalue weighted by Crippen LogP contribution is 2.35. The molecule has 0 aromatic heterocycles. The van der Waals surface area contributed by atoms with Crippen LogP contribution in [0.1, 0.15) is 129 Å². The fraction of sp³-hybridized carbons (Fsp3) is 0.705. The SMILES string of the molecule is C=CC(=O)OCCCCCCOC1CCC(C(=O)OC2CCC(OC(=O)C3CCC(OCCCCCCOC(=O)C=C)CC3)C(C(=O)OC#CC#CC)C2)CC1. The number of ether oxygens (including phenoxy) is 7. The Balaban J connectivity index is 1.37. The number of esters is 5. The van der Waals surface area contributed by atoms with Crippen molar-refractivity contribution >= 4 is 29.8 Å². The molecule has 0 radical (unpaired) electrons. The Morgan fingerprint density at radius 1 is 0.554 bits per heavy atom. The van der Waals surface area contributed by atoms with Crippen molar-refractivity contribution in [2.24, 2.45) is 17.8 Å². The maximum absolute atomic E-state index is 13.3. The standard InChI is InChI=1S/C44H62O12/c1-4-7-12-31-54-44(49)38-32-37(55-42(47)33-17-21-35(22-18-33)50-27-13-8-10-15-29-52-40(45)5-2)25-26-39(38)56-43(48)34-19-23-36(24-20-34)51-28-14-9-11-16-30-53-41(46)6-3/h5-6,33-39H,2-3,8-11,13-30,32H2,1H3. The summed E-state index contributed by atoms with van der Waals surface area (Å²) in [4.78, 5) is 62.0. The van der Waals surface area contributed by atoms with Crippen molar-refractivity contribution in [2.45, 2.75) is 153 Å². The molecule has 12 heteroatoms. The Kier molecular flexibility index (Phi) is 22.7. The lowest BCUT2D eigenvalue weighted by molar-refractivity contribution is -0.175. The van der Waals surface area contributed by atoms with E-state index in [2.05, 4.69) is 37.0 Å². The van der Waals surface area contributed by atoms with Crippen molar-refractivity contribution in [1.29, 1.82) is 0 Å². The van der Waals surface area contributed by atoms with E-state index in [1.54, 1.807) is 6.92 Å². The Labute approximate surface area is 333 Å². The monoisotopic (exact) mass is 782 g/mol. The van der Waals surface area contributed by atoms with Gasteiger partial charge in [-0.25, -0.2) is 9.59 Å². The summed E-state index contributed by atoms with van der Waals surface area (Å²) >= 11 is 0. The molecule has 310 valence electrons. The number of carbonyl (C=O) groups is 5. The maximum atomic E-state index is 13.3. The molecule has 0 amide bonds. The first-order chi connectivity index (χ1) is 27.2. The van der Waals surface area contributed by atoms with Gasteiger partial charge in [0, 0.05) is 37.7 Å². The van der Waals surface area contributed by atoms with Gasteiger partial charge in [-0.3, -0.25) is 14.4 Å². The van der Waals surface area contributed by atoms with Crippen LogP contribution in [-0.4, -0.2) is 80.7 Å². The first-order valence-corrected chi connectivity index (χ1v) is 20.6. The second-order valence-electron chi connectivity index (χ2n) is 14.7. The molecule has 3 saturated carbocycles. The van der Waals surface area contributed by atoms with Crippen LogP contribution in [0.5, 0.6) is 0 Å². The molecule has 0 N–H and O–H groups in total. The zero-order valence-electron chi connectivity index (χ0n) is 33.3. The third-order valence-corrected chi connectivity index (χ3v) is 10.6. The molecule has 3 aliphatic carbocycles. The molecule has 0 aliphatic heterocycles. The minimum atomic E-state index is -0.825. The summed E-state index contributed by atoms with van der Waals surface area (Å²) < 4.78 is 39.2. The van der Waals surface area contributed by atoms with Crippen molar-refractivity contribution in [1.82, 2.24) is 0 Å². The third kappa shape index (κ3) is 18.2. The highest BCUT2D eigenvalue weighted by Gasteiger charge is 2.42. The first kappa shape index (κ1) is 46.3. The lowest BCUT2D eigenvalue weighted by Gasteiger charge is -2.36. The van der Waals surface area contributed by atoms with E-state index in [0.29, 0.717) is 65.0 Å². The molecule has 0 aromatic rings. The number of unbranched alkanes of at least 4 members (excludes halogenated alkanes) is 6. The Morgan fingerprint density at radius 2 is 1.02 bits per heavy atom. The molecule has 0 aromatic carbocycles. The molecule has 3 rings (SSSR count). The topological polar surface area (TPSA) is 150 Å². The van der Waals surface area contributed by atoms with Crippen LogP contribution >= 0.6 is 0 Å². The third-order valence-electron chi connectivity index (χ3n) is 10.6. The molecule has 0 spiro atoms. The van der Waals surface area contributed by atoms with Crippen LogP contribution in [0, 0.1) is 41.6 Å². The Hall–Kier alpha value is -4.13. The van der Waals surface area contributed by atoms with Crippen LogP contribution in [0.2, 0.25) is 0 Å². The average molecular weight is 783 g/mol. The fourth-order valence-electron chi connectivity index (χ4n) is 7.35. The van der Waals surface area contributed by atoms with E-state index in [-0.39, 0.29) is 42.4 Å². The van der Waals surface area contributed by atoms with Gasteiger partial charge in [0.2, 0.25) is 0 Å². The predicted molar refractivity (Wildman–Crippen MR) is 207 cm³/mol. The lowest BCUT2D eigenvalue weighted by atomic mass is 9.83. The molecule has 12 nitrogen and oxygen atoms in total. The van der Waals surface area contributed by atoms with Crippen molar-refractivity contribution in [2.75, 3.05) is 26.4 Å². The van der Waals surface area contributed by atoms with Crippen LogP contribution in [0.4, 0.5) is 0 Å². The van der Waals surface area contributed by atoms with Gasteiger partial charge < -0.3 is 33.2 Å². The summed E-state index contributed by atoms with van der Waals surface area (Å²) in [6.45, 7) is 10.5. The number of rotatable bonds is 23. The normalized spacial score (nSPS) is 24.4. The zero-order valence-corrected chi connectivity index (χ0v) is 33.3. The van der Waals surface area contributed by atoms with Gasteiger partial charge in [0.05, 0.1) is 43.2 Å². The van der Waals surface area contributed by atoms with E-state index in [0.717, 1.165) is 83.1 Å². The summed E-state index contributed by atoms with van der Waals surface area (Å²) in [7, 11) is 0. The van der Waals surface area contributed by atoms with E-state index in [9.17, 15) is 24.0 Å². The molecule has 3 unspecified atom stereocenters. The molecule has 3 aliphatic rings. The molecule has 3 fully saturated rings. The van der Waals surface area contributed by atoms with Gasteiger partial charge in [-0.1, -0.05) is 31.9 Å². The lowest BCUT2D eigenvalue weighted by Crippen LogP contribution is -2.43. The second-order valence-corrected chi connectivity index (χ2v) is 14.7. The van der Waals surface area contributed by atoms with Crippen LogP contribution in [0.15, 0.2) is 25.3 Å². The number of hydrogen-bond acceptors (Lipinski definition) is 12. The Bertz CT molecular complexity index is 1380. The van der Waals surface area contributed by atoms with Gasteiger partial charge in [-0.05, 0) is 116 Å². The van der Waals surface area contributed by atoms with Crippen molar-refractivity contribution in [3.05, 3.63) is 25.3 Å². The van der Waals surface area contributed by atoms with Crippen LogP contribution in [0.3, 0.4) is 0 Å². The van der Waals surface area contributed by atoms with E-state index < -0.39 is 36.0 Å². The van der Waals surface area contributed by atoms with Gasteiger partial charge in [-0.15, -0.1) is 0 Å². The van der Waals surface area contributed by atoms with Crippen molar-refractivity contribution in [3.63, 3.8) is 0 Å². The van der Waals surface area contributed by atoms with Crippen molar-refractivity contribution in [3.8, 4) is 23.9 Å². The van der Waals surface area contributed by atoms with Crippen LogP contribution in [-0.2, 0) is 57.1 Å². The van der Waals surface area contributed by atoms with Gasteiger partial charge in [0.1, 0.15) is 18.3 Å². The minimum Gasteiger partial charge on any atom is -0.463 e. The molecule has 0 bridgehead atoms. The van der Waals surface area contributed by atoms with E-state index in [1.165, 1.54) is 6.08 Å². The molecule has 0 saturated heterocycles. The van der Waals surface area contributed by atoms with Crippen LogP contribution in [0.25, 0.3) is 0 Å². The van der Waals surface area contributed by atoms with Gasteiger partial charge >= 0.3 is 29.8 Å². The van der Waals surface area contributed by atoms with E-state index in [4.69, 9.17) is 33.2 Å². The summed E-state index contributed by atoms with van der Waals surface area (Å²) in [6, 6.07) is 0. The molecule has 0 heterocycles. The quantitative estimate of drug-likeness (QED) is 0.0350. The molecule has 3 atom stereocenters. The van der Waals surface area contributed by atoms with E-state index >= 15 is 0 Å². The zero-order chi connectivity index (χ0) is 40.4. The highest BCUT2D eigenvalue weighted by atomic mass is 16.6. The molecular weight excluding hydrogens is 720 g/mol. The smallest absolute Gasteiger partial charge is 0.330 e. The molecule has 56 heavy (non-hydrogen) atoms. The summed E-state index contributed by atoms with van der Waals surface area (Å²) in [5.41, 5.74) is 0. The maximum Gasteiger partial charge on any atom is 0.330 e. The molecular formula is C44H62O12. The summed E-state index contributed by atoms with van der Waals surface area (Å²) in [5, 5.41) is 0. The van der Waals surface area contributed by atoms with Gasteiger partial charge in [0.25, 0.3) is 0 Å². The second kappa shape index (κ2) is 27.5. The Morgan fingerprint density at radius 3 is 1.50 bits per heavy atom. The summed E-state index contributed by atoms with van der Waals surface area (Å²) in [6.07, 6.45) is 17.7. The van der Waals surface area contributed by atoms with Gasteiger partial charge in [-0.2, -0.15) is 0 Å². The highest BCUT2D eigenvalue weighted by molar-refractivity contribution is 5.81. The van der Waals surface area contributed by atoms with E-state index in [1.807, 2.05) is 0 Å². The minimum absolute atomic E-state index is 0.0946. The number of carbonyl (C=O) groups excluding carboxylic acids is 5. The predicted octanol–water partition coefficient (Wildman–Crippen LogP) is 6.87. The van der Waals surface area contributed by atoms with Crippen LogP contribution < -0.4 is 0 Å².